The van der Waals surface area contributed by atoms with Crippen LogP contribution in [0.2, 0.25) is 0 Å². The topological polar surface area (TPSA) is 74.5 Å². The van der Waals surface area contributed by atoms with Gasteiger partial charge in [-0.3, -0.25) is 9.36 Å². The summed E-state index contributed by atoms with van der Waals surface area (Å²) in [4.78, 5) is 21.4. The van der Waals surface area contributed by atoms with Gasteiger partial charge in [0.05, 0.1) is 22.5 Å². The molecule has 0 aliphatic carbocycles. The van der Waals surface area contributed by atoms with Gasteiger partial charge in [-0.2, -0.15) is 5.26 Å². The molecule has 0 spiro atoms. The monoisotopic (exact) mass is 416 g/mol. The molecule has 5 aromatic rings. The molecule has 0 saturated carbocycles. The summed E-state index contributed by atoms with van der Waals surface area (Å²) in [5, 5.41) is 10.8. The van der Waals surface area contributed by atoms with Gasteiger partial charge in [0, 0.05) is 23.6 Å². The van der Waals surface area contributed by atoms with E-state index >= 15 is 0 Å². The van der Waals surface area contributed by atoms with Crippen molar-refractivity contribution >= 4 is 34.0 Å². The van der Waals surface area contributed by atoms with E-state index in [0.717, 1.165) is 11.1 Å². The van der Waals surface area contributed by atoms with Gasteiger partial charge in [-0.25, -0.2) is 4.98 Å². The maximum absolute atomic E-state index is 13.3. The number of nitrogens with zero attached hydrogens (tertiary/aromatic N) is 3. The molecule has 0 fully saturated rings. The largest absolute Gasteiger partial charge is 0.361 e. The summed E-state index contributed by atoms with van der Waals surface area (Å²) in [5.41, 5.74) is 4.45. The Bertz CT molecular complexity index is 1550. The fraction of sp³-hybridized carbons (Fsp3) is 0.0741. The normalized spacial score (nSPS) is 11.3. The Kier molecular flexibility index (Phi) is 5.11. The summed E-state index contributed by atoms with van der Waals surface area (Å²) in [6, 6.07) is 25.0. The molecule has 0 saturated heterocycles. The average molecular weight is 416 g/mol. The molecular formula is C27H20N4O. The average Bonchev–Trinajstić information content (AvgIpc) is 3.26. The van der Waals surface area contributed by atoms with Gasteiger partial charge < -0.3 is 4.98 Å². The second kappa shape index (κ2) is 8.37. The van der Waals surface area contributed by atoms with Crippen LogP contribution in [0.4, 0.5) is 0 Å². The van der Waals surface area contributed by atoms with E-state index in [-0.39, 0.29) is 5.56 Å². The van der Waals surface area contributed by atoms with Crippen molar-refractivity contribution in [1.82, 2.24) is 14.5 Å². The minimum atomic E-state index is -0.0464. The lowest BCUT2D eigenvalue weighted by Crippen LogP contribution is -2.24. The molecule has 5 nitrogen and oxygen atoms in total. The number of aromatic nitrogens is 3. The molecular weight excluding hydrogens is 396 g/mol. The van der Waals surface area contributed by atoms with Crippen LogP contribution in [-0.4, -0.2) is 14.5 Å². The van der Waals surface area contributed by atoms with Crippen molar-refractivity contribution in [2.24, 2.45) is 0 Å². The number of rotatable bonds is 5. The van der Waals surface area contributed by atoms with Crippen LogP contribution in [0.5, 0.6) is 0 Å². The van der Waals surface area contributed by atoms with Crippen molar-refractivity contribution in [1.29, 1.82) is 5.26 Å². The third kappa shape index (κ3) is 3.70. The van der Waals surface area contributed by atoms with Gasteiger partial charge in [0.1, 0.15) is 5.82 Å². The SMILES string of the molecule is N#Cc1ccc(/C=C/c2nc3ccccc3c(=O)n2CCc2c[nH]c3ccccc23)cc1. The lowest BCUT2D eigenvalue weighted by molar-refractivity contribution is 0.657. The van der Waals surface area contributed by atoms with Crippen LogP contribution in [0.1, 0.15) is 22.5 Å². The van der Waals surface area contributed by atoms with Gasteiger partial charge in [-0.05, 0) is 54.0 Å². The third-order valence-corrected chi connectivity index (χ3v) is 5.64. The molecule has 5 heteroatoms. The summed E-state index contributed by atoms with van der Waals surface area (Å²) in [6.07, 6.45) is 6.50. The number of para-hydroxylation sites is 2. The van der Waals surface area contributed by atoms with Crippen molar-refractivity contribution in [3.05, 3.63) is 112 Å². The maximum atomic E-state index is 13.3. The summed E-state index contributed by atoms with van der Waals surface area (Å²) in [7, 11) is 0. The second-order valence-corrected chi connectivity index (χ2v) is 7.62. The molecule has 5 rings (SSSR count). The number of fused-ring (bicyclic) bond motifs is 2. The molecule has 2 aromatic heterocycles. The molecule has 0 atom stereocenters. The predicted molar refractivity (Wildman–Crippen MR) is 128 cm³/mol. The lowest BCUT2D eigenvalue weighted by Gasteiger charge is -2.11. The number of H-pyrrole nitrogens is 1. The molecule has 0 aliphatic rings. The number of aryl methyl sites for hydroxylation is 1. The highest BCUT2D eigenvalue weighted by molar-refractivity contribution is 5.83. The number of nitrogens with one attached hydrogen (secondary N) is 1. The van der Waals surface area contributed by atoms with Crippen molar-refractivity contribution in [3.8, 4) is 6.07 Å². The first kappa shape index (κ1) is 19.5. The fourth-order valence-corrected chi connectivity index (χ4v) is 3.94. The van der Waals surface area contributed by atoms with Crippen molar-refractivity contribution in [2.45, 2.75) is 13.0 Å². The van der Waals surface area contributed by atoms with E-state index < -0.39 is 0 Å². The molecule has 1 N–H and O–H groups in total. The summed E-state index contributed by atoms with van der Waals surface area (Å²) in [6.45, 7) is 0.519. The number of hydrogen-bond acceptors (Lipinski definition) is 3. The zero-order chi connectivity index (χ0) is 21.9. The predicted octanol–water partition coefficient (Wildman–Crippen LogP) is 5.16. The molecule has 0 aliphatic heterocycles. The Morgan fingerprint density at radius 2 is 1.69 bits per heavy atom. The van der Waals surface area contributed by atoms with E-state index in [2.05, 4.69) is 17.1 Å². The highest BCUT2D eigenvalue weighted by Crippen LogP contribution is 2.19. The van der Waals surface area contributed by atoms with E-state index in [1.54, 1.807) is 16.7 Å². The van der Waals surface area contributed by atoms with Crippen LogP contribution in [0, 0.1) is 11.3 Å². The zero-order valence-corrected chi connectivity index (χ0v) is 17.3. The van der Waals surface area contributed by atoms with E-state index in [1.165, 1.54) is 10.9 Å². The highest BCUT2D eigenvalue weighted by Gasteiger charge is 2.11. The van der Waals surface area contributed by atoms with E-state index in [9.17, 15) is 4.79 Å². The third-order valence-electron chi connectivity index (χ3n) is 5.64. The molecule has 3 aromatic carbocycles. The molecule has 154 valence electrons. The van der Waals surface area contributed by atoms with Gasteiger partial charge in [-0.15, -0.1) is 0 Å². The van der Waals surface area contributed by atoms with Crippen LogP contribution in [0.25, 0.3) is 34.0 Å². The van der Waals surface area contributed by atoms with Crippen LogP contribution in [0.3, 0.4) is 0 Å². The van der Waals surface area contributed by atoms with Gasteiger partial charge in [0.2, 0.25) is 0 Å². The van der Waals surface area contributed by atoms with Crippen molar-refractivity contribution in [3.63, 3.8) is 0 Å². The highest BCUT2D eigenvalue weighted by atomic mass is 16.1. The fourth-order valence-electron chi connectivity index (χ4n) is 3.94. The first-order chi connectivity index (χ1) is 15.7. The van der Waals surface area contributed by atoms with E-state index in [4.69, 9.17) is 10.2 Å². The van der Waals surface area contributed by atoms with Crippen LogP contribution in [0.15, 0.2) is 83.8 Å². The standard InChI is InChI=1S/C27H20N4O/c28-17-20-11-9-19(10-12-20)13-14-26-30-25-8-4-2-6-23(25)27(32)31(26)16-15-21-18-29-24-7-3-1-5-22(21)24/h1-14,18,29H,15-16H2/b14-13+. The maximum Gasteiger partial charge on any atom is 0.261 e. The minimum Gasteiger partial charge on any atom is -0.361 e. The quantitative estimate of drug-likeness (QED) is 0.430. The molecule has 32 heavy (non-hydrogen) atoms. The second-order valence-electron chi connectivity index (χ2n) is 7.62. The summed E-state index contributed by atoms with van der Waals surface area (Å²) >= 11 is 0. The smallest absolute Gasteiger partial charge is 0.261 e. The van der Waals surface area contributed by atoms with Crippen molar-refractivity contribution in [2.75, 3.05) is 0 Å². The van der Waals surface area contributed by atoms with Gasteiger partial charge in [0.25, 0.3) is 5.56 Å². The van der Waals surface area contributed by atoms with Crippen LogP contribution >= 0.6 is 0 Å². The van der Waals surface area contributed by atoms with Gasteiger partial charge >= 0.3 is 0 Å². The Labute approximate surface area is 184 Å². The van der Waals surface area contributed by atoms with Gasteiger partial charge in [0.15, 0.2) is 0 Å². The van der Waals surface area contributed by atoms with Crippen molar-refractivity contribution < 1.29 is 0 Å². The van der Waals surface area contributed by atoms with E-state index in [0.29, 0.717) is 35.3 Å². The number of aromatic amines is 1. The first-order valence-corrected chi connectivity index (χ1v) is 10.5. The number of benzene rings is 3. The number of hydrogen-bond donors (Lipinski definition) is 1. The summed E-state index contributed by atoms with van der Waals surface area (Å²) in [5.74, 6) is 0.609. The Balaban J connectivity index is 1.53. The zero-order valence-electron chi connectivity index (χ0n) is 17.3. The molecule has 2 heterocycles. The van der Waals surface area contributed by atoms with Gasteiger partial charge in [-0.1, -0.05) is 48.5 Å². The molecule has 0 amide bonds. The summed E-state index contributed by atoms with van der Waals surface area (Å²) < 4.78 is 1.74. The molecule has 0 bridgehead atoms. The lowest BCUT2D eigenvalue weighted by atomic mass is 10.1. The molecule has 0 unspecified atom stereocenters. The van der Waals surface area contributed by atoms with Crippen LogP contribution in [-0.2, 0) is 13.0 Å². The molecule has 0 radical (unpaired) electrons. The van der Waals surface area contributed by atoms with E-state index in [1.807, 2.05) is 72.9 Å². The van der Waals surface area contributed by atoms with Crippen LogP contribution < -0.4 is 5.56 Å². The number of nitriles is 1. The minimum absolute atomic E-state index is 0.0464. The Morgan fingerprint density at radius 1 is 0.938 bits per heavy atom. The Morgan fingerprint density at radius 3 is 2.50 bits per heavy atom. The first-order valence-electron chi connectivity index (χ1n) is 10.5. The Hall–Kier alpha value is -4.43.